The van der Waals surface area contributed by atoms with Crippen molar-refractivity contribution in [2.75, 3.05) is 26.2 Å². The van der Waals surface area contributed by atoms with Gasteiger partial charge in [0.1, 0.15) is 0 Å². The maximum Gasteiger partial charge on any atom is 0.260 e. The summed E-state index contributed by atoms with van der Waals surface area (Å²) in [6.45, 7) is 5.23. The Labute approximate surface area is 127 Å². The molecule has 0 radical (unpaired) electrons. The van der Waals surface area contributed by atoms with Gasteiger partial charge in [0, 0.05) is 20.1 Å². The predicted octanol–water partition coefficient (Wildman–Crippen LogP) is 0.852. The Morgan fingerprint density at radius 3 is 2.55 bits per heavy atom. The summed E-state index contributed by atoms with van der Waals surface area (Å²) in [6.07, 6.45) is 3.36. The number of hydrogen-bond donors (Lipinski definition) is 1. The molecule has 8 heteroatoms. The molecule has 0 saturated carbocycles. The average molecular weight is 323 g/mol. The second-order valence-corrected chi connectivity index (χ2v) is 6.83. The van der Waals surface area contributed by atoms with Crippen LogP contribution in [0.2, 0.25) is 0 Å². The van der Waals surface area contributed by atoms with Crippen molar-refractivity contribution in [3.63, 3.8) is 0 Å². The molecule has 0 spiro atoms. The monoisotopic (exact) mass is 322 g/mol. The molecule has 0 aromatic carbocycles. The summed E-state index contributed by atoms with van der Waals surface area (Å²) < 4.78 is 27.9. The minimum Gasteiger partial charge on any atom is -0.317 e. The number of hydrogen-bond acceptors (Lipinski definition) is 4. The highest BCUT2D eigenvalue weighted by Gasteiger charge is 2.30. The van der Waals surface area contributed by atoms with Crippen molar-refractivity contribution in [2.24, 2.45) is 13.0 Å². The van der Waals surface area contributed by atoms with E-state index in [-0.39, 0.29) is 17.4 Å². The first-order valence-corrected chi connectivity index (χ1v) is 8.18. The molecule has 1 aromatic heterocycles. The largest absolute Gasteiger partial charge is 0.317 e. The number of piperidine rings is 1. The molecule has 1 aliphatic heterocycles. The number of nitrogens with zero attached hydrogens (tertiary/aromatic N) is 3. The van der Waals surface area contributed by atoms with Crippen molar-refractivity contribution in [3.05, 3.63) is 12.3 Å². The van der Waals surface area contributed by atoms with Crippen molar-refractivity contribution in [1.29, 1.82) is 0 Å². The van der Waals surface area contributed by atoms with Crippen molar-refractivity contribution in [2.45, 2.75) is 24.8 Å². The van der Waals surface area contributed by atoms with Crippen LogP contribution in [0.5, 0.6) is 0 Å². The van der Waals surface area contributed by atoms with Gasteiger partial charge >= 0.3 is 0 Å². The highest BCUT2D eigenvalue weighted by Crippen LogP contribution is 2.22. The van der Waals surface area contributed by atoms with E-state index in [9.17, 15) is 8.42 Å². The highest BCUT2D eigenvalue weighted by molar-refractivity contribution is 7.89. The molecule has 1 aromatic rings. The van der Waals surface area contributed by atoms with Gasteiger partial charge in [0.05, 0.1) is 6.20 Å². The maximum absolute atomic E-state index is 12.4. The van der Waals surface area contributed by atoms with Crippen molar-refractivity contribution in [3.8, 4) is 0 Å². The van der Waals surface area contributed by atoms with E-state index < -0.39 is 10.0 Å². The lowest BCUT2D eigenvalue weighted by molar-refractivity contribution is 0.267. The van der Waals surface area contributed by atoms with Gasteiger partial charge in [0.15, 0.2) is 5.03 Å². The van der Waals surface area contributed by atoms with E-state index >= 15 is 0 Å². The molecule has 0 aliphatic carbocycles. The quantitative estimate of drug-likeness (QED) is 0.873. The predicted molar refractivity (Wildman–Crippen MR) is 80.5 cm³/mol. The van der Waals surface area contributed by atoms with Crippen LogP contribution in [0.3, 0.4) is 0 Å². The van der Waals surface area contributed by atoms with Gasteiger partial charge in [0.2, 0.25) is 0 Å². The van der Waals surface area contributed by atoms with E-state index in [4.69, 9.17) is 0 Å². The lowest BCUT2D eigenvalue weighted by atomic mass is 9.98. The standard InChI is InChI=1S/C12H22N4O2S.ClH/c1-3-13-10-11-5-8-16(9-6-11)19(17,18)12-4-7-14-15(12)2;/h4,7,11,13H,3,5-6,8-10H2,1-2H3;1H. The lowest BCUT2D eigenvalue weighted by Crippen LogP contribution is -2.41. The van der Waals surface area contributed by atoms with Crippen LogP contribution in [0, 0.1) is 5.92 Å². The summed E-state index contributed by atoms with van der Waals surface area (Å²) >= 11 is 0. The number of aromatic nitrogens is 2. The molecule has 1 aliphatic rings. The van der Waals surface area contributed by atoms with E-state index in [1.165, 1.54) is 10.9 Å². The first-order chi connectivity index (χ1) is 9.05. The third-order valence-corrected chi connectivity index (χ3v) is 5.61. The van der Waals surface area contributed by atoms with Gasteiger partial charge in [0.25, 0.3) is 10.0 Å². The maximum atomic E-state index is 12.4. The molecule has 1 N–H and O–H groups in total. The molecule has 0 atom stereocenters. The smallest absolute Gasteiger partial charge is 0.260 e. The molecule has 116 valence electrons. The van der Waals surface area contributed by atoms with Gasteiger partial charge in [-0.05, 0) is 37.9 Å². The molecule has 0 bridgehead atoms. The Kier molecular flexibility index (Phi) is 6.44. The zero-order valence-corrected chi connectivity index (χ0v) is 13.6. The molecule has 0 unspecified atom stereocenters. The normalized spacial score (nSPS) is 17.9. The average Bonchev–Trinajstić information content (AvgIpc) is 2.84. The second kappa shape index (κ2) is 7.40. The minimum absolute atomic E-state index is 0. The third-order valence-electron chi connectivity index (χ3n) is 3.64. The Bertz CT molecular complexity index is 509. The number of sulfonamides is 1. The fourth-order valence-corrected chi connectivity index (χ4v) is 4.02. The first-order valence-electron chi connectivity index (χ1n) is 6.74. The Hall–Kier alpha value is -0.630. The van der Waals surface area contributed by atoms with Crippen molar-refractivity contribution >= 4 is 22.4 Å². The summed E-state index contributed by atoms with van der Waals surface area (Å²) in [5.41, 5.74) is 0. The summed E-state index contributed by atoms with van der Waals surface area (Å²) in [7, 11) is -1.72. The fraction of sp³-hybridized carbons (Fsp3) is 0.750. The summed E-state index contributed by atoms with van der Waals surface area (Å²) in [5, 5.41) is 7.54. The van der Waals surface area contributed by atoms with Crippen molar-refractivity contribution in [1.82, 2.24) is 19.4 Å². The molecule has 0 amide bonds. The fourth-order valence-electron chi connectivity index (χ4n) is 2.45. The van der Waals surface area contributed by atoms with Gasteiger partial charge < -0.3 is 5.32 Å². The van der Waals surface area contributed by atoms with Crippen LogP contribution in [0.1, 0.15) is 19.8 Å². The highest BCUT2D eigenvalue weighted by atomic mass is 35.5. The van der Waals surface area contributed by atoms with Crippen LogP contribution < -0.4 is 5.32 Å². The zero-order valence-electron chi connectivity index (χ0n) is 11.9. The van der Waals surface area contributed by atoms with E-state index in [0.29, 0.717) is 19.0 Å². The molecule has 6 nitrogen and oxygen atoms in total. The molecule has 1 saturated heterocycles. The summed E-state index contributed by atoms with van der Waals surface area (Å²) in [4.78, 5) is 0. The second-order valence-electron chi connectivity index (χ2n) is 4.95. The first kappa shape index (κ1) is 17.4. The number of aryl methyl sites for hydroxylation is 1. The van der Waals surface area contributed by atoms with Crippen LogP contribution in [0.25, 0.3) is 0 Å². The van der Waals surface area contributed by atoms with Crippen LogP contribution in [0.4, 0.5) is 0 Å². The Morgan fingerprint density at radius 1 is 1.40 bits per heavy atom. The number of rotatable bonds is 5. The van der Waals surface area contributed by atoms with Crippen LogP contribution >= 0.6 is 12.4 Å². The van der Waals surface area contributed by atoms with Gasteiger partial charge in [-0.1, -0.05) is 6.92 Å². The van der Waals surface area contributed by atoms with Gasteiger partial charge in [-0.15, -0.1) is 12.4 Å². The number of halogens is 1. The molecular weight excluding hydrogens is 300 g/mol. The van der Waals surface area contributed by atoms with Gasteiger partial charge in [-0.3, -0.25) is 4.68 Å². The van der Waals surface area contributed by atoms with E-state index in [1.54, 1.807) is 17.4 Å². The van der Waals surface area contributed by atoms with Gasteiger partial charge in [-0.2, -0.15) is 9.40 Å². The van der Waals surface area contributed by atoms with Crippen LogP contribution in [0.15, 0.2) is 17.3 Å². The molecule has 2 rings (SSSR count). The van der Waals surface area contributed by atoms with E-state index in [2.05, 4.69) is 17.3 Å². The molecular formula is C12H23ClN4O2S. The topological polar surface area (TPSA) is 67.2 Å². The van der Waals surface area contributed by atoms with Crippen molar-refractivity contribution < 1.29 is 8.42 Å². The van der Waals surface area contributed by atoms with E-state index in [1.807, 2.05) is 0 Å². The Morgan fingerprint density at radius 2 is 2.05 bits per heavy atom. The molecule has 1 fully saturated rings. The SMILES string of the molecule is CCNCC1CCN(S(=O)(=O)c2ccnn2C)CC1.Cl. The van der Waals surface area contributed by atoms with Crippen LogP contribution in [-0.4, -0.2) is 48.7 Å². The third kappa shape index (κ3) is 3.72. The van der Waals surface area contributed by atoms with Gasteiger partial charge in [-0.25, -0.2) is 8.42 Å². The number of nitrogens with one attached hydrogen (secondary N) is 1. The molecule has 2 heterocycles. The zero-order chi connectivity index (χ0) is 13.9. The minimum atomic E-state index is -3.38. The lowest BCUT2D eigenvalue weighted by Gasteiger charge is -2.31. The van der Waals surface area contributed by atoms with E-state index in [0.717, 1.165) is 25.9 Å². The summed E-state index contributed by atoms with van der Waals surface area (Å²) in [5.74, 6) is 0.581. The molecule has 20 heavy (non-hydrogen) atoms. The van der Waals surface area contributed by atoms with Crippen LogP contribution in [-0.2, 0) is 17.1 Å². The Balaban J connectivity index is 0.00000200. The summed E-state index contributed by atoms with van der Waals surface area (Å²) in [6, 6.07) is 1.56.